The summed E-state index contributed by atoms with van der Waals surface area (Å²) in [6.07, 6.45) is 4.17. The van der Waals surface area contributed by atoms with Gasteiger partial charge in [-0.15, -0.1) is 0 Å². The minimum absolute atomic E-state index is 0.169. The number of aryl methyl sites for hydroxylation is 1. The van der Waals surface area contributed by atoms with E-state index in [1.807, 2.05) is 31.2 Å². The average molecular weight is 424 g/mol. The van der Waals surface area contributed by atoms with Crippen molar-refractivity contribution in [3.8, 4) is 0 Å². The molecular formula is C23H29N5O3. The van der Waals surface area contributed by atoms with E-state index in [4.69, 9.17) is 0 Å². The number of aromatic nitrogens is 2. The zero-order chi connectivity index (χ0) is 22.2. The minimum Gasteiger partial charge on any atom is -0.350 e. The maximum atomic E-state index is 13.1. The number of likely N-dealkylation sites (N-methyl/N-ethyl adjacent to an activating group) is 1. The molecule has 0 saturated heterocycles. The van der Waals surface area contributed by atoms with Crippen LogP contribution in [-0.2, 0) is 17.9 Å². The van der Waals surface area contributed by atoms with Crippen LogP contribution >= 0.6 is 0 Å². The van der Waals surface area contributed by atoms with Gasteiger partial charge in [-0.3, -0.25) is 19.1 Å². The third kappa shape index (κ3) is 4.06. The molecule has 8 nitrogen and oxygen atoms in total. The molecule has 1 aromatic heterocycles. The molecule has 164 valence electrons. The SMILES string of the molecule is Cc1ccc(CNC(=O)[C@]2(C)Cn3nc(C(=O)NC4CCCC4)cc3C(=O)N2C)cc1. The lowest BCUT2D eigenvalue weighted by molar-refractivity contribution is -0.132. The molecule has 2 N–H and O–H groups in total. The fourth-order valence-corrected chi connectivity index (χ4v) is 4.25. The summed E-state index contributed by atoms with van der Waals surface area (Å²) in [5, 5.41) is 10.3. The van der Waals surface area contributed by atoms with Gasteiger partial charge in [-0.2, -0.15) is 5.10 Å². The Kier molecular flexibility index (Phi) is 5.56. The Morgan fingerprint density at radius 3 is 2.55 bits per heavy atom. The maximum absolute atomic E-state index is 13.1. The number of benzene rings is 1. The van der Waals surface area contributed by atoms with Gasteiger partial charge in [0.15, 0.2) is 5.69 Å². The van der Waals surface area contributed by atoms with Crippen molar-refractivity contribution < 1.29 is 14.4 Å². The number of hydrogen-bond donors (Lipinski definition) is 2. The largest absolute Gasteiger partial charge is 0.350 e. The van der Waals surface area contributed by atoms with Crippen LogP contribution in [0.4, 0.5) is 0 Å². The van der Waals surface area contributed by atoms with Gasteiger partial charge in [0, 0.05) is 25.7 Å². The zero-order valence-corrected chi connectivity index (χ0v) is 18.3. The summed E-state index contributed by atoms with van der Waals surface area (Å²) in [5.41, 5.74) is 1.56. The van der Waals surface area contributed by atoms with Crippen molar-refractivity contribution in [3.05, 3.63) is 52.8 Å². The number of nitrogens with zero attached hydrogens (tertiary/aromatic N) is 3. The van der Waals surface area contributed by atoms with E-state index in [1.54, 1.807) is 14.0 Å². The van der Waals surface area contributed by atoms with Crippen LogP contribution in [0.2, 0.25) is 0 Å². The fraction of sp³-hybridized carbons (Fsp3) is 0.478. The number of carbonyl (C=O) groups is 3. The fourth-order valence-electron chi connectivity index (χ4n) is 4.25. The summed E-state index contributed by atoms with van der Waals surface area (Å²) in [5.74, 6) is -0.858. The molecule has 1 aliphatic heterocycles. The van der Waals surface area contributed by atoms with Gasteiger partial charge in [0.05, 0.1) is 6.54 Å². The Bertz CT molecular complexity index is 1010. The van der Waals surface area contributed by atoms with Crippen LogP contribution in [0.1, 0.15) is 64.7 Å². The highest BCUT2D eigenvalue weighted by Crippen LogP contribution is 2.26. The quantitative estimate of drug-likeness (QED) is 0.769. The molecule has 1 saturated carbocycles. The first-order valence-corrected chi connectivity index (χ1v) is 10.8. The molecule has 1 aliphatic carbocycles. The van der Waals surface area contributed by atoms with Crippen molar-refractivity contribution in [2.75, 3.05) is 7.05 Å². The van der Waals surface area contributed by atoms with Gasteiger partial charge in [0.2, 0.25) is 5.91 Å². The standard InChI is InChI=1S/C23H29N5O3/c1-15-8-10-16(11-9-15)13-24-22(31)23(2)14-28-19(21(30)27(23)3)12-18(26-28)20(29)25-17-6-4-5-7-17/h8-12,17H,4-7,13-14H2,1-3H3,(H,24,31)(H,25,29)/t23-/m0/s1. The van der Waals surface area contributed by atoms with Crippen molar-refractivity contribution in [1.29, 1.82) is 0 Å². The Morgan fingerprint density at radius 2 is 1.87 bits per heavy atom. The highest BCUT2D eigenvalue weighted by atomic mass is 16.2. The van der Waals surface area contributed by atoms with Gasteiger partial charge >= 0.3 is 0 Å². The summed E-state index contributed by atoms with van der Waals surface area (Å²) in [4.78, 5) is 40.1. The van der Waals surface area contributed by atoms with E-state index in [0.29, 0.717) is 12.2 Å². The number of fused-ring (bicyclic) bond motifs is 1. The predicted octanol–water partition coefficient (Wildman–Crippen LogP) is 2.02. The average Bonchev–Trinajstić information content (AvgIpc) is 3.41. The minimum atomic E-state index is -1.11. The van der Waals surface area contributed by atoms with Gasteiger partial charge in [-0.05, 0) is 32.3 Å². The molecule has 0 bridgehead atoms. The lowest BCUT2D eigenvalue weighted by Gasteiger charge is -2.40. The predicted molar refractivity (Wildman–Crippen MR) is 115 cm³/mol. The number of amides is 3. The summed E-state index contributed by atoms with van der Waals surface area (Å²) in [6, 6.07) is 9.61. The number of hydrogen-bond acceptors (Lipinski definition) is 4. The maximum Gasteiger partial charge on any atom is 0.272 e. The van der Waals surface area contributed by atoms with E-state index in [0.717, 1.165) is 36.8 Å². The topological polar surface area (TPSA) is 96.3 Å². The first kappa shape index (κ1) is 21.1. The molecule has 8 heteroatoms. The van der Waals surface area contributed by atoms with Crippen molar-refractivity contribution in [1.82, 2.24) is 25.3 Å². The van der Waals surface area contributed by atoms with E-state index in [9.17, 15) is 14.4 Å². The summed E-state index contributed by atoms with van der Waals surface area (Å²) >= 11 is 0. The number of nitrogens with one attached hydrogen (secondary N) is 2. The first-order valence-electron chi connectivity index (χ1n) is 10.8. The van der Waals surface area contributed by atoms with E-state index >= 15 is 0 Å². The van der Waals surface area contributed by atoms with Crippen LogP contribution in [0, 0.1) is 6.92 Å². The van der Waals surface area contributed by atoms with Crippen molar-refractivity contribution >= 4 is 17.7 Å². The van der Waals surface area contributed by atoms with Crippen molar-refractivity contribution in [2.24, 2.45) is 0 Å². The molecule has 1 fully saturated rings. The normalized spacial score (nSPS) is 21.1. The van der Waals surface area contributed by atoms with Crippen LogP contribution in [0.3, 0.4) is 0 Å². The van der Waals surface area contributed by atoms with Gasteiger partial charge in [0.25, 0.3) is 11.8 Å². The van der Waals surface area contributed by atoms with Gasteiger partial charge in [-0.25, -0.2) is 0 Å². The summed E-state index contributed by atoms with van der Waals surface area (Å²) < 4.78 is 1.48. The van der Waals surface area contributed by atoms with Crippen LogP contribution < -0.4 is 10.6 Å². The second-order valence-electron chi connectivity index (χ2n) is 8.83. The second kappa shape index (κ2) is 8.17. The molecule has 1 aromatic carbocycles. The highest BCUT2D eigenvalue weighted by Gasteiger charge is 2.46. The molecule has 3 amide bonds. The Morgan fingerprint density at radius 1 is 1.19 bits per heavy atom. The molecule has 2 heterocycles. The molecular weight excluding hydrogens is 394 g/mol. The van der Waals surface area contributed by atoms with Crippen molar-refractivity contribution in [3.63, 3.8) is 0 Å². The lowest BCUT2D eigenvalue weighted by Crippen LogP contribution is -2.62. The molecule has 31 heavy (non-hydrogen) atoms. The van der Waals surface area contributed by atoms with Gasteiger partial charge in [0.1, 0.15) is 11.2 Å². The molecule has 2 aromatic rings. The van der Waals surface area contributed by atoms with Crippen LogP contribution in [0.5, 0.6) is 0 Å². The lowest BCUT2D eigenvalue weighted by atomic mass is 9.95. The monoisotopic (exact) mass is 423 g/mol. The molecule has 0 spiro atoms. The number of rotatable bonds is 5. The summed E-state index contributed by atoms with van der Waals surface area (Å²) in [7, 11) is 1.61. The Hall–Kier alpha value is -3.16. The number of carbonyl (C=O) groups excluding carboxylic acids is 3. The third-order valence-corrected chi connectivity index (χ3v) is 6.49. The van der Waals surface area contributed by atoms with Gasteiger partial charge < -0.3 is 15.5 Å². The van der Waals surface area contributed by atoms with Gasteiger partial charge in [-0.1, -0.05) is 42.7 Å². The van der Waals surface area contributed by atoms with Crippen LogP contribution in [0.25, 0.3) is 0 Å². The highest BCUT2D eigenvalue weighted by molar-refractivity contribution is 6.01. The molecule has 2 aliphatic rings. The van der Waals surface area contributed by atoms with E-state index < -0.39 is 5.54 Å². The molecule has 1 atom stereocenters. The van der Waals surface area contributed by atoms with Crippen LogP contribution in [0.15, 0.2) is 30.3 Å². The Labute approximate surface area is 182 Å². The van der Waals surface area contributed by atoms with E-state index in [-0.39, 0.29) is 36.0 Å². The van der Waals surface area contributed by atoms with Crippen molar-refractivity contribution in [2.45, 2.75) is 64.2 Å². The molecule has 0 radical (unpaired) electrons. The second-order valence-corrected chi connectivity index (χ2v) is 8.83. The van der Waals surface area contributed by atoms with E-state index in [2.05, 4.69) is 15.7 Å². The molecule has 4 rings (SSSR count). The zero-order valence-electron chi connectivity index (χ0n) is 18.3. The third-order valence-electron chi connectivity index (χ3n) is 6.49. The molecule has 0 unspecified atom stereocenters. The smallest absolute Gasteiger partial charge is 0.272 e. The Balaban J connectivity index is 1.49. The van der Waals surface area contributed by atoms with E-state index in [1.165, 1.54) is 15.6 Å². The first-order chi connectivity index (χ1) is 14.8. The van der Waals surface area contributed by atoms with Crippen LogP contribution in [-0.4, -0.2) is 51.0 Å². The summed E-state index contributed by atoms with van der Waals surface area (Å²) in [6.45, 7) is 4.28.